The third-order valence-electron chi connectivity index (χ3n) is 1.29. The number of carbonyl (C=O) groups is 1. The Hall–Kier alpha value is -0.394. The molecule has 80 valence electrons. The SMILES string of the molecule is CC=CC=CC(=O)[O-].Oc1ccccc1.[K+]. The molecule has 3 nitrogen and oxygen atoms in total. The van der Waals surface area contributed by atoms with E-state index in [2.05, 4.69) is 0 Å². The molecule has 1 N–H and O–H groups in total. The van der Waals surface area contributed by atoms with Gasteiger partial charge in [-0.15, -0.1) is 0 Å². The smallest absolute Gasteiger partial charge is 0.545 e. The maximum atomic E-state index is 9.64. The Morgan fingerprint density at radius 1 is 1.25 bits per heavy atom. The topological polar surface area (TPSA) is 60.4 Å². The number of para-hydroxylation sites is 1. The molecule has 0 aliphatic heterocycles. The first-order valence-corrected chi connectivity index (χ1v) is 4.41. The van der Waals surface area contributed by atoms with Crippen LogP contribution in [0.1, 0.15) is 6.92 Å². The molecule has 0 radical (unpaired) electrons. The number of allylic oxidation sites excluding steroid dienone is 3. The maximum Gasteiger partial charge on any atom is 1.00 e. The molecule has 1 aromatic rings. The molecule has 4 heteroatoms. The van der Waals surface area contributed by atoms with Crippen molar-refractivity contribution in [2.24, 2.45) is 0 Å². The van der Waals surface area contributed by atoms with Crippen molar-refractivity contribution in [3.63, 3.8) is 0 Å². The number of carboxylic acids is 1. The first-order chi connectivity index (χ1) is 7.16. The van der Waals surface area contributed by atoms with Crippen molar-refractivity contribution < 1.29 is 66.4 Å². The van der Waals surface area contributed by atoms with Crippen molar-refractivity contribution in [2.75, 3.05) is 0 Å². The van der Waals surface area contributed by atoms with Gasteiger partial charge in [0.1, 0.15) is 5.75 Å². The predicted octanol–water partition coefficient (Wildman–Crippen LogP) is -1.74. The zero-order chi connectivity index (χ0) is 11.5. The molecule has 1 rings (SSSR count). The Labute approximate surface area is 138 Å². The van der Waals surface area contributed by atoms with Crippen molar-refractivity contribution >= 4 is 5.97 Å². The molecule has 0 bridgehead atoms. The van der Waals surface area contributed by atoms with Crippen LogP contribution in [-0.2, 0) is 4.79 Å². The molecular formula is C12H13KO3. The van der Waals surface area contributed by atoms with Gasteiger partial charge in [-0.2, -0.15) is 0 Å². The van der Waals surface area contributed by atoms with E-state index in [0.717, 1.165) is 6.08 Å². The summed E-state index contributed by atoms with van der Waals surface area (Å²) in [5.41, 5.74) is 0. The van der Waals surface area contributed by atoms with Crippen molar-refractivity contribution in [3.05, 3.63) is 54.6 Å². The van der Waals surface area contributed by atoms with Gasteiger partial charge in [0.15, 0.2) is 0 Å². The molecule has 1 aromatic carbocycles. The van der Waals surface area contributed by atoms with Gasteiger partial charge in [0, 0.05) is 0 Å². The van der Waals surface area contributed by atoms with Crippen LogP contribution in [-0.4, -0.2) is 11.1 Å². The number of carboxylic acid groups (broad SMARTS) is 1. The predicted molar refractivity (Wildman–Crippen MR) is 57.1 cm³/mol. The molecule has 16 heavy (non-hydrogen) atoms. The summed E-state index contributed by atoms with van der Waals surface area (Å²) < 4.78 is 0. The van der Waals surface area contributed by atoms with E-state index >= 15 is 0 Å². The monoisotopic (exact) mass is 244 g/mol. The van der Waals surface area contributed by atoms with Crippen molar-refractivity contribution in [3.8, 4) is 5.75 Å². The molecule has 0 saturated heterocycles. The largest absolute Gasteiger partial charge is 1.00 e. The molecule has 0 aliphatic carbocycles. The van der Waals surface area contributed by atoms with Crippen LogP contribution in [0.5, 0.6) is 5.75 Å². The third-order valence-corrected chi connectivity index (χ3v) is 1.29. The first-order valence-electron chi connectivity index (χ1n) is 4.41. The fraction of sp³-hybridized carbons (Fsp3) is 0.0833. The number of phenolic OH excluding ortho intramolecular Hbond substituents is 1. The van der Waals surface area contributed by atoms with Gasteiger partial charge in [-0.25, -0.2) is 0 Å². The van der Waals surface area contributed by atoms with Crippen molar-refractivity contribution in [1.29, 1.82) is 0 Å². The van der Waals surface area contributed by atoms with Crippen LogP contribution in [0, 0.1) is 0 Å². The molecule has 0 heterocycles. The molecule has 0 amide bonds. The standard InChI is InChI=1S/C6H8O2.C6H6O.K/c1-2-3-4-5-6(7)8;7-6-4-2-1-3-5-6;/h2-5H,1H3,(H,7,8);1-5,7H;/q;;+1/p-1. The molecule has 0 saturated carbocycles. The summed E-state index contributed by atoms with van der Waals surface area (Å²) >= 11 is 0. The second-order valence-electron chi connectivity index (χ2n) is 2.54. The van der Waals surface area contributed by atoms with Crippen LogP contribution in [0.3, 0.4) is 0 Å². The zero-order valence-electron chi connectivity index (χ0n) is 9.46. The van der Waals surface area contributed by atoms with Crippen LogP contribution >= 0.6 is 0 Å². The van der Waals surface area contributed by atoms with Gasteiger partial charge in [-0.1, -0.05) is 36.4 Å². The maximum absolute atomic E-state index is 9.64. The van der Waals surface area contributed by atoms with E-state index in [9.17, 15) is 9.90 Å². The van der Waals surface area contributed by atoms with Crippen LogP contribution in [0.25, 0.3) is 0 Å². The number of aliphatic carboxylic acids is 1. The van der Waals surface area contributed by atoms with E-state index < -0.39 is 5.97 Å². The number of rotatable bonds is 2. The normalized spacial score (nSPS) is 9.31. The summed E-state index contributed by atoms with van der Waals surface area (Å²) in [6.45, 7) is 1.81. The zero-order valence-corrected chi connectivity index (χ0v) is 12.6. The average molecular weight is 244 g/mol. The summed E-state index contributed by atoms with van der Waals surface area (Å²) in [5.74, 6) is -0.842. The second kappa shape index (κ2) is 12.7. The van der Waals surface area contributed by atoms with E-state index in [1.807, 2.05) is 6.07 Å². The minimum absolute atomic E-state index is 0. The number of carbonyl (C=O) groups excluding carboxylic acids is 1. The Kier molecular flexibility index (Phi) is 14.2. The van der Waals surface area contributed by atoms with Crippen LogP contribution < -0.4 is 56.5 Å². The van der Waals surface area contributed by atoms with Gasteiger partial charge in [0.05, 0.1) is 5.97 Å². The third kappa shape index (κ3) is 13.6. The van der Waals surface area contributed by atoms with E-state index in [1.165, 1.54) is 6.08 Å². The summed E-state index contributed by atoms with van der Waals surface area (Å²) in [6.07, 6.45) is 5.74. The van der Waals surface area contributed by atoms with Gasteiger partial charge >= 0.3 is 51.4 Å². The molecular weight excluding hydrogens is 231 g/mol. The number of phenols is 1. The fourth-order valence-corrected chi connectivity index (χ4v) is 0.673. The quantitative estimate of drug-likeness (QED) is 0.382. The number of hydrogen-bond donors (Lipinski definition) is 1. The van der Waals surface area contributed by atoms with Crippen molar-refractivity contribution in [1.82, 2.24) is 0 Å². The van der Waals surface area contributed by atoms with Crippen LogP contribution in [0.2, 0.25) is 0 Å². The Bertz CT molecular complexity index is 331. The minimum Gasteiger partial charge on any atom is -0.545 e. The summed E-state index contributed by atoms with van der Waals surface area (Å²) in [7, 11) is 0. The van der Waals surface area contributed by atoms with Gasteiger partial charge < -0.3 is 15.0 Å². The van der Waals surface area contributed by atoms with Crippen LogP contribution in [0.4, 0.5) is 0 Å². The van der Waals surface area contributed by atoms with Gasteiger partial charge in [0.25, 0.3) is 0 Å². The second-order valence-corrected chi connectivity index (χ2v) is 2.54. The molecule has 0 aliphatic rings. The van der Waals surface area contributed by atoms with E-state index in [-0.39, 0.29) is 51.4 Å². The molecule has 0 spiro atoms. The van der Waals surface area contributed by atoms with Gasteiger partial charge in [-0.3, -0.25) is 0 Å². The van der Waals surface area contributed by atoms with E-state index in [1.54, 1.807) is 43.3 Å². The average Bonchev–Trinajstić information content (AvgIpc) is 2.20. The summed E-state index contributed by atoms with van der Waals surface area (Å²) in [6, 6.07) is 8.71. The fourth-order valence-electron chi connectivity index (χ4n) is 0.673. The molecule has 0 aromatic heterocycles. The molecule has 0 fully saturated rings. The summed E-state index contributed by atoms with van der Waals surface area (Å²) in [4.78, 5) is 9.64. The van der Waals surface area contributed by atoms with Crippen molar-refractivity contribution in [2.45, 2.75) is 6.92 Å². The van der Waals surface area contributed by atoms with Gasteiger partial charge in [0.2, 0.25) is 0 Å². The molecule has 0 atom stereocenters. The Balaban J connectivity index is 0. The minimum atomic E-state index is -1.16. The Morgan fingerprint density at radius 3 is 2.12 bits per heavy atom. The van der Waals surface area contributed by atoms with Gasteiger partial charge in [-0.05, 0) is 25.1 Å². The Morgan fingerprint density at radius 2 is 1.81 bits per heavy atom. The molecule has 0 unspecified atom stereocenters. The van der Waals surface area contributed by atoms with E-state index in [0.29, 0.717) is 5.75 Å². The van der Waals surface area contributed by atoms with E-state index in [4.69, 9.17) is 5.11 Å². The number of aromatic hydroxyl groups is 1. The van der Waals surface area contributed by atoms with Crippen LogP contribution in [0.15, 0.2) is 54.6 Å². The number of hydrogen-bond acceptors (Lipinski definition) is 3. The summed E-state index contributed by atoms with van der Waals surface area (Å²) in [5, 5.41) is 18.3. The first kappa shape index (κ1) is 18.0. The number of benzene rings is 1.